The number of nitrogens with zero attached hydrogens (tertiary/aromatic N) is 2. The molecule has 3 aromatic rings. The number of carbonyl (C=O) groups is 2. The van der Waals surface area contributed by atoms with Gasteiger partial charge in [0.2, 0.25) is 5.91 Å². The monoisotopic (exact) mass is 419 g/mol. The molecule has 0 unspecified atom stereocenters. The number of nitrogens with one attached hydrogen (secondary N) is 3. The summed E-state index contributed by atoms with van der Waals surface area (Å²) in [5.41, 5.74) is 4.57. The molecule has 0 aliphatic carbocycles. The number of imide groups is 1. The number of amides is 3. The second kappa shape index (κ2) is 8.81. The van der Waals surface area contributed by atoms with Gasteiger partial charge in [-0.25, -0.2) is 4.79 Å². The molecule has 0 saturated carbocycles. The van der Waals surface area contributed by atoms with Gasteiger partial charge in [0, 0.05) is 62.4 Å². The lowest BCUT2D eigenvalue weighted by Crippen LogP contribution is -2.47. The van der Waals surface area contributed by atoms with E-state index >= 15 is 0 Å². The van der Waals surface area contributed by atoms with Gasteiger partial charge in [-0.1, -0.05) is 30.3 Å². The van der Waals surface area contributed by atoms with Crippen LogP contribution in [0.15, 0.2) is 54.7 Å². The minimum atomic E-state index is -0.461. The van der Waals surface area contributed by atoms with Crippen molar-refractivity contribution in [3.05, 3.63) is 65.9 Å². The third kappa shape index (κ3) is 4.27. The van der Waals surface area contributed by atoms with E-state index in [9.17, 15) is 9.59 Å². The minimum absolute atomic E-state index is 0.0509. The number of para-hydroxylation sites is 1. The van der Waals surface area contributed by atoms with E-state index < -0.39 is 6.04 Å². The van der Waals surface area contributed by atoms with Crippen molar-refractivity contribution in [3.8, 4) is 0 Å². The lowest BCUT2D eigenvalue weighted by Gasteiger charge is -2.23. The average Bonchev–Trinajstić information content (AvgIpc) is 3.40. The predicted octanol–water partition coefficient (Wildman–Crippen LogP) is 2.90. The van der Waals surface area contributed by atoms with E-state index in [2.05, 4.69) is 63.1 Å². The highest BCUT2D eigenvalue weighted by atomic mass is 16.2. The second-order valence-electron chi connectivity index (χ2n) is 8.18. The summed E-state index contributed by atoms with van der Waals surface area (Å²) in [6.07, 6.45) is 2.05. The Labute approximate surface area is 182 Å². The van der Waals surface area contributed by atoms with Crippen molar-refractivity contribution in [2.45, 2.75) is 18.9 Å². The zero-order valence-electron chi connectivity index (χ0n) is 18.2. The van der Waals surface area contributed by atoms with Gasteiger partial charge in [0.05, 0.1) is 6.04 Å². The first-order valence-corrected chi connectivity index (χ1v) is 10.6. The molecule has 3 N–H and O–H groups in total. The van der Waals surface area contributed by atoms with Crippen LogP contribution in [0.25, 0.3) is 10.9 Å². The fraction of sp³-hybridized carbons (Fsp3) is 0.333. The number of carbonyl (C=O) groups excluding carboxylic acids is 2. The molecular weight excluding hydrogens is 390 g/mol. The summed E-state index contributed by atoms with van der Waals surface area (Å²) in [6.45, 7) is 3.32. The number of benzene rings is 2. The number of aromatic amines is 1. The maximum atomic E-state index is 12.7. The SMILES string of the molecule is C[C@H](NC[C@H](c1ccc(N(C)C)cc1)c1c[nH]c2ccccc12)C(=O)N1CCNC1=O. The molecule has 1 saturated heterocycles. The smallest absolute Gasteiger partial charge is 0.324 e. The van der Waals surface area contributed by atoms with E-state index in [1.165, 1.54) is 21.4 Å². The lowest BCUT2D eigenvalue weighted by atomic mass is 9.90. The van der Waals surface area contributed by atoms with Crippen LogP contribution in [-0.2, 0) is 4.79 Å². The van der Waals surface area contributed by atoms with E-state index in [0.717, 1.165) is 11.2 Å². The van der Waals surface area contributed by atoms with Gasteiger partial charge in [-0.05, 0) is 36.2 Å². The van der Waals surface area contributed by atoms with Crippen LogP contribution in [0.4, 0.5) is 10.5 Å². The van der Waals surface area contributed by atoms with Crippen LogP contribution in [0.3, 0.4) is 0 Å². The van der Waals surface area contributed by atoms with Crippen molar-refractivity contribution >= 4 is 28.5 Å². The average molecular weight is 420 g/mol. The van der Waals surface area contributed by atoms with Crippen molar-refractivity contribution in [2.24, 2.45) is 0 Å². The highest BCUT2D eigenvalue weighted by Crippen LogP contribution is 2.31. The molecule has 7 nitrogen and oxygen atoms in total. The summed E-state index contributed by atoms with van der Waals surface area (Å²) in [7, 11) is 4.05. The molecule has 2 heterocycles. The van der Waals surface area contributed by atoms with Crippen molar-refractivity contribution in [1.29, 1.82) is 0 Å². The standard InChI is InChI=1S/C24H29N5O2/c1-16(23(30)29-13-12-25-24(29)31)26-14-20(17-8-10-18(11-9-17)28(2)3)21-15-27-22-7-5-4-6-19(21)22/h4-11,15-16,20,26-27H,12-14H2,1-3H3,(H,25,31)/t16-,20+/m0/s1. The van der Waals surface area contributed by atoms with Crippen LogP contribution < -0.4 is 15.5 Å². The molecule has 162 valence electrons. The van der Waals surface area contributed by atoms with Gasteiger partial charge < -0.3 is 20.5 Å². The quantitative estimate of drug-likeness (QED) is 0.550. The number of hydrogen-bond donors (Lipinski definition) is 3. The van der Waals surface area contributed by atoms with E-state index in [-0.39, 0.29) is 17.9 Å². The largest absolute Gasteiger partial charge is 0.378 e. The summed E-state index contributed by atoms with van der Waals surface area (Å²) in [6, 6.07) is 16.0. The van der Waals surface area contributed by atoms with Crippen molar-refractivity contribution in [2.75, 3.05) is 38.6 Å². The Balaban J connectivity index is 1.59. The molecule has 2 atom stereocenters. The van der Waals surface area contributed by atoms with Crippen LogP contribution in [0.5, 0.6) is 0 Å². The van der Waals surface area contributed by atoms with Gasteiger partial charge >= 0.3 is 6.03 Å². The van der Waals surface area contributed by atoms with Gasteiger partial charge in [0.1, 0.15) is 0 Å². The number of urea groups is 1. The summed E-state index contributed by atoms with van der Waals surface area (Å²) in [5, 5.41) is 7.23. The highest BCUT2D eigenvalue weighted by molar-refractivity contribution is 5.98. The first-order chi connectivity index (χ1) is 15.0. The Hall–Kier alpha value is -3.32. The summed E-state index contributed by atoms with van der Waals surface area (Å²) in [4.78, 5) is 31.3. The molecule has 3 amide bonds. The molecule has 1 fully saturated rings. The number of hydrogen-bond acceptors (Lipinski definition) is 4. The summed E-state index contributed by atoms with van der Waals surface area (Å²) in [5.74, 6) is -0.148. The van der Waals surface area contributed by atoms with Crippen LogP contribution in [0.1, 0.15) is 24.0 Å². The zero-order valence-corrected chi connectivity index (χ0v) is 18.2. The van der Waals surface area contributed by atoms with Crippen LogP contribution in [0, 0.1) is 0 Å². The Morgan fingerprint density at radius 1 is 1.16 bits per heavy atom. The van der Waals surface area contributed by atoms with Crippen molar-refractivity contribution < 1.29 is 9.59 Å². The van der Waals surface area contributed by atoms with Crippen molar-refractivity contribution in [3.63, 3.8) is 0 Å². The molecule has 0 bridgehead atoms. The maximum absolute atomic E-state index is 12.7. The fourth-order valence-corrected chi connectivity index (χ4v) is 4.09. The molecular formula is C24H29N5O2. The molecule has 2 aromatic carbocycles. The summed E-state index contributed by atoms with van der Waals surface area (Å²) < 4.78 is 0. The van der Waals surface area contributed by atoms with Crippen molar-refractivity contribution in [1.82, 2.24) is 20.5 Å². The number of H-pyrrole nitrogens is 1. The van der Waals surface area contributed by atoms with Crippen LogP contribution >= 0.6 is 0 Å². The number of rotatable bonds is 7. The Morgan fingerprint density at radius 3 is 2.58 bits per heavy atom. The number of anilines is 1. The molecule has 4 rings (SSSR count). The second-order valence-corrected chi connectivity index (χ2v) is 8.18. The molecule has 0 spiro atoms. The molecule has 1 aliphatic rings. The highest BCUT2D eigenvalue weighted by Gasteiger charge is 2.30. The molecule has 1 aromatic heterocycles. The van der Waals surface area contributed by atoms with Gasteiger partial charge in [-0.2, -0.15) is 0 Å². The molecule has 0 radical (unpaired) electrons. The first-order valence-electron chi connectivity index (χ1n) is 10.6. The van der Waals surface area contributed by atoms with Crippen LogP contribution in [-0.4, -0.2) is 61.6 Å². The van der Waals surface area contributed by atoms with E-state index in [1.54, 1.807) is 0 Å². The third-order valence-corrected chi connectivity index (χ3v) is 5.93. The van der Waals surface area contributed by atoms with Gasteiger partial charge in [0.15, 0.2) is 0 Å². The van der Waals surface area contributed by atoms with E-state index in [4.69, 9.17) is 0 Å². The Kier molecular flexibility index (Phi) is 5.95. The number of fused-ring (bicyclic) bond motifs is 1. The predicted molar refractivity (Wildman–Crippen MR) is 123 cm³/mol. The number of aromatic nitrogens is 1. The van der Waals surface area contributed by atoms with Gasteiger partial charge in [-0.15, -0.1) is 0 Å². The van der Waals surface area contributed by atoms with E-state index in [0.29, 0.717) is 19.6 Å². The normalized spacial score (nSPS) is 15.7. The fourth-order valence-electron chi connectivity index (χ4n) is 4.09. The molecule has 7 heteroatoms. The molecule has 31 heavy (non-hydrogen) atoms. The zero-order chi connectivity index (χ0) is 22.0. The summed E-state index contributed by atoms with van der Waals surface area (Å²) >= 11 is 0. The van der Waals surface area contributed by atoms with E-state index in [1.807, 2.05) is 33.2 Å². The third-order valence-electron chi connectivity index (χ3n) is 5.93. The maximum Gasteiger partial charge on any atom is 0.324 e. The topological polar surface area (TPSA) is 80.5 Å². The molecule has 1 aliphatic heterocycles. The first kappa shape index (κ1) is 20.9. The van der Waals surface area contributed by atoms with Crippen LogP contribution in [0.2, 0.25) is 0 Å². The Morgan fingerprint density at radius 2 is 1.90 bits per heavy atom. The Bertz CT molecular complexity index is 1070. The van der Waals surface area contributed by atoms with Gasteiger partial charge in [-0.3, -0.25) is 9.69 Å². The minimum Gasteiger partial charge on any atom is -0.378 e. The van der Waals surface area contributed by atoms with Gasteiger partial charge in [0.25, 0.3) is 0 Å². The lowest BCUT2D eigenvalue weighted by molar-refractivity contribution is -0.129.